The molecule has 1 heterocycles. The van der Waals surface area contributed by atoms with Gasteiger partial charge in [0.1, 0.15) is 0 Å². The van der Waals surface area contributed by atoms with Crippen molar-refractivity contribution in [2.45, 2.75) is 23.5 Å². The van der Waals surface area contributed by atoms with Gasteiger partial charge in [-0.05, 0) is 43.3 Å². The fourth-order valence-electron chi connectivity index (χ4n) is 2.33. The molecule has 3 rings (SSSR count). The van der Waals surface area contributed by atoms with Crippen LogP contribution in [0.4, 0.5) is 18.9 Å². The van der Waals surface area contributed by atoms with Crippen molar-refractivity contribution in [1.29, 1.82) is 0 Å². The van der Waals surface area contributed by atoms with Gasteiger partial charge in [0.25, 0.3) is 5.56 Å². The molecule has 140 valence electrons. The molecule has 0 radical (unpaired) electrons. The molecule has 0 spiro atoms. The van der Waals surface area contributed by atoms with Crippen LogP contribution in [0.1, 0.15) is 12.5 Å². The van der Waals surface area contributed by atoms with Crippen LogP contribution in [0.15, 0.2) is 58.5 Å². The number of fused-ring (bicyclic) bond motifs is 1. The van der Waals surface area contributed by atoms with Crippen LogP contribution in [-0.4, -0.2) is 21.1 Å². The quantitative estimate of drug-likeness (QED) is 0.518. The summed E-state index contributed by atoms with van der Waals surface area (Å²) in [6, 6.07) is 11.0. The maximum Gasteiger partial charge on any atom is 0.416 e. The lowest BCUT2D eigenvalue weighted by atomic mass is 10.2. The molecule has 1 atom stereocenters. The van der Waals surface area contributed by atoms with Gasteiger partial charge in [-0.25, -0.2) is 4.98 Å². The minimum absolute atomic E-state index is 0.250. The third-order valence-electron chi connectivity index (χ3n) is 3.73. The smallest absolute Gasteiger partial charge is 0.325 e. The molecule has 2 N–H and O–H groups in total. The van der Waals surface area contributed by atoms with E-state index in [0.29, 0.717) is 10.9 Å². The number of aromatic amines is 1. The Morgan fingerprint density at radius 2 is 1.81 bits per heavy atom. The van der Waals surface area contributed by atoms with Crippen molar-refractivity contribution in [1.82, 2.24) is 9.97 Å². The Morgan fingerprint density at radius 1 is 1.15 bits per heavy atom. The Hall–Kier alpha value is -2.81. The highest BCUT2D eigenvalue weighted by Gasteiger charge is 2.30. The average Bonchev–Trinajstić information content (AvgIpc) is 2.61. The van der Waals surface area contributed by atoms with Gasteiger partial charge in [0, 0.05) is 5.69 Å². The molecule has 9 heteroatoms. The Kier molecular flexibility index (Phi) is 5.22. The van der Waals surface area contributed by atoms with Gasteiger partial charge in [-0.2, -0.15) is 13.2 Å². The SMILES string of the molecule is CC(Sc1nc2ccccc2c(=O)[nH]1)C(=O)Nc1ccc(C(F)(F)F)cc1. The molecule has 0 saturated carbocycles. The van der Waals surface area contributed by atoms with Crippen molar-refractivity contribution >= 4 is 34.3 Å². The highest BCUT2D eigenvalue weighted by atomic mass is 32.2. The standard InChI is InChI=1S/C18H14F3N3O2S/c1-10(15(25)22-12-8-6-11(7-9-12)18(19,20)21)27-17-23-14-5-3-2-4-13(14)16(26)24-17/h2-10H,1H3,(H,22,25)(H,23,24,26). The first-order valence-corrected chi connectivity index (χ1v) is 8.76. The molecular weight excluding hydrogens is 379 g/mol. The Morgan fingerprint density at radius 3 is 2.48 bits per heavy atom. The number of carbonyl (C=O) groups excluding carboxylic acids is 1. The summed E-state index contributed by atoms with van der Waals surface area (Å²) in [7, 11) is 0. The van der Waals surface area contributed by atoms with Crippen LogP contribution >= 0.6 is 11.8 Å². The highest BCUT2D eigenvalue weighted by Crippen LogP contribution is 2.30. The number of hydrogen-bond acceptors (Lipinski definition) is 4. The van der Waals surface area contributed by atoms with Crippen molar-refractivity contribution < 1.29 is 18.0 Å². The average molecular weight is 393 g/mol. The number of anilines is 1. The summed E-state index contributed by atoms with van der Waals surface area (Å²) < 4.78 is 37.7. The molecular formula is C18H14F3N3O2S. The number of rotatable bonds is 4. The van der Waals surface area contributed by atoms with Crippen LogP contribution < -0.4 is 10.9 Å². The molecule has 3 aromatic rings. The van der Waals surface area contributed by atoms with Gasteiger partial charge in [0.05, 0.1) is 21.7 Å². The highest BCUT2D eigenvalue weighted by molar-refractivity contribution is 8.00. The predicted octanol–water partition coefficient (Wildman–Crippen LogP) is 4.06. The molecule has 0 aliphatic heterocycles. The van der Waals surface area contributed by atoms with Crippen molar-refractivity contribution in [2.75, 3.05) is 5.32 Å². The molecule has 1 aromatic heterocycles. The van der Waals surface area contributed by atoms with E-state index in [1.807, 2.05) is 0 Å². The zero-order valence-corrected chi connectivity index (χ0v) is 14.8. The van der Waals surface area contributed by atoms with Crippen LogP contribution in [0.2, 0.25) is 0 Å². The number of carbonyl (C=O) groups is 1. The topological polar surface area (TPSA) is 74.8 Å². The van der Waals surface area contributed by atoms with Gasteiger partial charge in [-0.15, -0.1) is 0 Å². The Bertz CT molecular complexity index is 1030. The zero-order chi connectivity index (χ0) is 19.6. The van der Waals surface area contributed by atoms with E-state index in [4.69, 9.17) is 0 Å². The van der Waals surface area contributed by atoms with Gasteiger partial charge in [-0.3, -0.25) is 9.59 Å². The monoisotopic (exact) mass is 393 g/mol. The van der Waals surface area contributed by atoms with Crippen LogP contribution in [0, 0.1) is 0 Å². The molecule has 2 aromatic carbocycles. The van der Waals surface area contributed by atoms with Crippen LogP contribution in [0.25, 0.3) is 10.9 Å². The number of thioether (sulfide) groups is 1. The number of nitrogens with zero attached hydrogens (tertiary/aromatic N) is 1. The number of halogens is 3. The van der Waals surface area contributed by atoms with E-state index >= 15 is 0 Å². The van der Waals surface area contributed by atoms with E-state index in [2.05, 4.69) is 15.3 Å². The Balaban J connectivity index is 1.70. The van der Waals surface area contributed by atoms with Crippen LogP contribution in [0.5, 0.6) is 0 Å². The summed E-state index contributed by atoms with van der Waals surface area (Å²) in [4.78, 5) is 31.2. The first kappa shape index (κ1) is 19.0. The first-order valence-electron chi connectivity index (χ1n) is 7.88. The second-order valence-corrected chi connectivity index (χ2v) is 7.04. The van der Waals surface area contributed by atoms with E-state index < -0.39 is 22.9 Å². The van der Waals surface area contributed by atoms with Gasteiger partial charge in [0.15, 0.2) is 5.16 Å². The fraction of sp³-hybridized carbons (Fsp3) is 0.167. The number of alkyl halides is 3. The van der Waals surface area contributed by atoms with Crippen molar-refractivity contribution in [2.24, 2.45) is 0 Å². The lowest BCUT2D eigenvalue weighted by molar-refractivity contribution is -0.137. The maximum atomic E-state index is 12.6. The molecule has 0 fully saturated rings. The normalized spacial score (nSPS) is 12.7. The number of benzene rings is 2. The minimum Gasteiger partial charge on any atom is -0.325 e. The second kappa shape index (κ2) is 7.43. The van der Waals surface area contributed by atoms with Gasteiger partial charge < -0.3 is 10.3 Å². The number of nitrogens with one attached hydrogen (secondary N) is 2. The molecule has 1 unspecified atom stereocenters. The van der Waals surface area contributed by atoms with Crippen molar-refractivity contribution in [3.8, 4) is 0 Å². The summed E-state index contributed by atoms with van der Waals surface area (Å²) in [5.74, 6) is -0.421. The van der Waals surface area contributed by atoms with Gasteiger partial charge >= 0.3 is 6.18 Å². The summed E-state index contributed by atoms with van der Waals surface area (Å²) in [5, 5.41) is 2.65. The lowest BCUT2D eigenvalue weighted by Crippen LogP contribution is -2.23. The molecule has 0 bridgehead atoms. The zero-order valence-electron chi connectivity index (χ0n) is 14.0. The van der Waals surface area contributed by atoms with Crippen LogP contribution in [0.3, 0.4) is 0 Å². The van der Waals surface area contributed by atoms with Gasteiger partial charge in [0.2, 0.25) is 5.91 Å². The predicted molar refractivity (Wildman–Crippen MR) is 97.8 cm³/mol. The number of amides is 1. The van der Waals surface area contributed by atoms with E-state index in [1.165, 1.54) is 12.1 Å². The molecule has 0 aliphatic carbocycles. The summed E-state index contributed by atoms with van der Waals surface area (Å²) in [6.07, 6.45) is -4.43. The third-order valence-corrected chi connectivity index (χ3v) is 4.71. The van der Waals surface area contributed by atoms with E-state index in [0.717, 1.165) is 23.9 Å². The van der Waals surface area contributed by atoms with Crippen LogP contribution in [-0.2, 0) is 11.0 Å². The minimum atomic E-state index is -4.43. The maximum absolute atomic E-state index is 12.6. The summed E-state index contributed by atoms with van der Waals surface area (Å²) >= 11 is 1.05. The number of hydrogen-bond donors (Lipinski definition) is 2. The lowest BCUT2D eigenvalue weighted by Gasteiger charge is -2.12. The summed E-state index contributed by atoms with van der Waals surface area (Å²) in [5.41, 5.74) is -0.334. The molecule has 5 nitrogen and oxygen atoms in total. The largest absolute Gasteiger partial charge is 0.416 e. The molecule has 0 saturated heterocycles. The van der Waals surface area contributed by atoms with E-state index in [1.54, 1.807) is 31.2 Å². The van der Waals surface area contributed by atoms with E-state index in [9.17, 15) is 22.8 Å². The van der Waals surface area contributed by atoms with Crippen molar-refractivity contribution in [3.05, 3.63) is 64.4 Å². The second-order valence-electron chi connectivity index (χ2n) is 5.71. The molecule has 27 heavy (non-hydrogen) atoms. The number of aromatic nitrogens is 2. The summed E-state index contributed by atoms with van der Waals surface area (Å²) in [6.45, 7) is 1.61. The third kappa shape index (κ3) is 4.48. The van der Waals surface area contributed by atoms with Gasteiger partial charge in [-0.1, -0.05) is 23.9 Å². The Labute approximate surface area is 156 Å². The molecule has 0 aliphatic rings. The fourth-order valence-corrected chi connectivity index (χ4v) is 3.13. The van der Waals surface area contributed by atoms with Crippen molar-refractivity contribution in [3.63, 3.8) is 0 Å². The molecule has 1 amide bonds. The number of para-hydroxylation sites is 1. The number of H-pyrrole nitrogens is 1. The first-order chi connectivity index (χ1) is 12.7. The van der Waals surface area contributed by atoms with E-state index in [-0.39, 0.29) is 16.4 Å².